The highest BCUT2D eigenvalue weighted by Crippen LogP contribution is 2.39. The highest BCUT2D eigenvalue weighted by Gasteiger charge is 2.25. The van der Waals surface area contributed by atoms with Gasteiger partial charge in [-0.15, -0.1) is 0 Å². The summed E-state index contributed by atoms with van der Waals surface area (Å²) >= 11 is 9.64. The third-order valence-electron chi connectivity index (χ3n) is 4.12. The molecule has 0 saturated heterocycles. The molecule has 2 heterocycles. The van der Waals surface area contributed by atoms with Gasteiger partial charge in [0.1, 0.15) is 0 Å². The largest absolute Gasteiger partial charge is 0.324 e. The molecule has 25 heavy (non-hydrogen) atoms. The van der Waals surface area contributed by atoms with Crippen LogP contribution in [0.25, 0.3) is 0 Å². The van der Waals surface area contributed by atoms with E-state index in [2.05, 4.69) is 46.7 Å². The van der Waals surface area contributed by atoms with Crippen LogP contribution >= 0.6 is 27.5 Å². The fourth-order valence-electron chi connectivity index (χ4n) is 2.50. The van der Waals surface area contributed by atoms with Crippen LogP contribution in [0, 0.1) is 6.92 Å². The number of rotatable bonds is 5. The minimum atomic E-state index is 0.481. The average Bonchev–Trinajstić information content (AvgIpc) is 3.35. The summed E-state index contributed by atoms with van der Waals surface area (Å²) in [6.07, 6.45) is 4.16. The maximum absolute atomic E-state index is 6.16. The van der Waals surface area contributed by atoms with E-state index in [-0.39, 0.29) is 0 Å². The van der Waals surface area contributed by atoms with Crippen molar-refractivity contribution in [3.8, 4) is 0 Å². The van der Waals surface area contributed by atoms with E-state index in [1.165, 1.54) is 18.5 Å². The Morgan fingerprint density at radius 2 is 2.12 bits per heavy atom. The molecule has 0 atom stereocenters. The SMILES string of the molecule is Cc1c(Cl)cccc1Nc1ncc(Br)c(Nc2cc(C3CC3)[nH]n2)n1. The molecular weight excluding hydrogens is 404 g/mol. The van der Waals surface area contributed by atoms with Crippen molar-refractivity contribution in [2.24, 2.45) is 0 Å². The van der Waals surface area contributed by atoms with Crippen molar-refractivity contribution < 1.29 is 0 Å². The molecule has 1 aromatic carbocycles. The summed E-state index contributed by atoms with van der Waals surface area (Å²) in [6, 6.07) is 7.71. The third-order valence-corrected chi connectivity index (χ3v) is 5.11. The van der Waals surface area contributed by atoms with Crippen LogP contribution < -0.4 is 10.6 Å². The second kappa shape index (κ2) is 6.65. The first kappa shape index (κ1) is 16.4. The van der Waals surface area contributed by atoms with Crippen molar-refractivity contribution in [1.82, 2.24) is 20.2 Å². The number of anilines is 4. The van der Waals surface area contributed by atoms with Crippen LogP contribution in [0.4, 0.5) is 23.3 Å². The molecule has 128 valence electrons. The van der Waals surface area contributed by atoms with Gasteiger partial charge in [-0.05, 0) is 53.4 Å². The summed E-state index contributed by atoms with van der Waals surface area (Å²) in [5.41, 5.74) is 2.99. The van der Waals surface area contributed by atoms with E-state index < -0.39 is 0 Å². The topological polar surface area (TPSA) is 78.5 Å². The van der Waals surface area contributed by atoms with E-state index in [1.54, 1.807) is 6.20 Å². The number of halogens is 2. The molecule has 1 saturated carbocycles. The van der Waals surface area contributed by atoms with Gasteiger partial charge in [-0.3, -0.25) is 5.10 Å². The van der Waals surface area contributed by atoms with Crippen LogP contribution in [0.5, 0.6) is 0 Å². The second-order valence-electron chi connectivity index (χ2n) is 6.04. The highest BCUT2D eigenvalue weighted by molar-refractivity contribution is 9.10. The molecule has 2 aromatic heterocycles. The maximum Gasteiger partial charge on any atom is 0.229 e. The van der Waals surface area contributed by atoms with Crippen LogP contribution in [-0.4, -0.2) is 20.2 Å². The zero-order valence-corrected chi connectivity index (χ0v) is 15.8. The maximum atomic E-state index is 6.16. The number of benzene rings is 1. The van der Waals surface area contributed by atoms with Gasteiger partial charge >= 0.3 is 0 Å². The van der Waals surface area contributed by atoms with Gasteiger partial charge in [-0.2, -0.15) is 10.1 Å². The van der Waals surface area contributed by atoms with Gasteiger partial charge in [0.05, 0.1) is 4.47 Å². The molecule has 0 radical (unpaired) electrons. The van der Waals surface area contributed by atoms with E-state index >= 15 is 0 Å². The summed E-state index contributed by atoms with van der Waals surface area (Å²) in [4.78, 5) is 8.84. The number of nitrogens with zero attached hydrogens (tertiary/aromatic N) is 3. The molecule has 1 aliphatic carbocycles. The minimum absolute atomic E-state index is 0.481. The van der Waals surface area contributed by atoms with E-state index in [4.69, 9.17) is 11.6 Å². The fourth-order valence-corrected chi connectivity index (χ4v) is 2.97. The van der Waals surface area contributed by atoms with Gasteiger partial charge in [-0.25, -0.2) is 4.98 Å². The van der Waals surface area contributed by atoms with Crippen molar-refractivity contribution in [2.45, 2.75) is 25.7 Å². The molecule has 8 heteroatoms. The highest BCUT2D eigenvalue weighted by atomic mass is 79.9. The quantitative estimate of drug-likeness (QED) is 0.524. The van der Waals surface area contributed by atoms with Crippen molar-refractivity contribution in [1.29, 1.82) is 0 Å². The summed E-state index contributed by atoms with van der Waals surface area (Å²) in [5.74, 6) is 2.49. The monoisotopic (exact) mass is 418 g/mol. The van der Waals surface area contributed by atoms with E-state index in [0.717, 1.165) is 21.5 Å². The standard InChI is InChI=1S/C17H16BrClN6/c1-9-12(19)3-2-4-13(9)21-17-20-8-11(18)16(23-17)22-15-7-14(24-25-15)10-5-6-10/h2-4,7-8,10H,5-6H2,1H3,(H3,20,21,22,23,24,25). The Hall–Kier alpha value is -2.12. The minimum Gasteiger partial charge on any atom is -0.324 e. The summed E-state index contributed by atoms with van der Waals surface area (Å²) in [5, 5.41) is 14.5. The number of aromatic nitrogens is 4. The van der Waals surface area contributed by atoms with Gasteiger partial charge in [-0.1, -0.05) is 17.7 Å². The predicted octanol–water partition coefficient (Wildman–Crippen LogP) is 5.29. The van der Waals surface area contributed by atoms with Crippen molar-refractivity contribution in [2.75, 3.05) is 10.6 Å². The Labute approximate surface area is 158 Å². The molecular formula is C17H16BrClN6. The molecule has 0 bridgehead atoms. The van der Waals surface area contributed by atoms with Crippen LogP contribution in [0.1, 0.15) is 30.0 Å². The van der Waals surface area contributed by atoms with Crippen molar-refractivity contribution in [3.05, 3.63) is 51.2 Å². The van der Waals surface area contributed by atoms with Gasteiger partial charge < -0.3 is 10.6 Å². The first-order valence-corrected chi connectivity index (χ1v) is 9.14. The lowest BCUT2D eigenvalue weighted by Crippen LogP contribution is -2.02. The van der Waals surface area contributed by atoms with E-state index in [0.29, 0.717) is 22.7 Å². The van der Waals surface area contributed by atoms with Crippen LogP contribution in [0.15, 0.2) is 34.9 Å². The molecule has 0 aliphatic heterocycles. The Kier molecular flexibility index (Phi) is 4.35. The lowest BCUT2D eigenvalue weighted by atomic mass is 10.2. The number of hydrogen-bond donors (Lipinski definition) is 3. The smallest absolute Gasteiger partial charge is 0.229 e. The molecule has 0 unspecified atom stereocenters. The molecule has 3 aromatic rings. The van der Waals surface area contributed by atoms with Crippen LogP contribution in [-0.2, 0) is 0 Å². The first-order valence-electron chi connectivity index (χ1n) is 7.97. The average molecular weight is 420 g/mol. The number of H-pyrrole nitrogens is 1. The van der Waals surface area contributed by atoms with Crippen LogP contribution in [0.2, 0.25) is 5.02 Å². The molecule has 1 aliphatic rings. The van der Waals surface area contributed by atoms with Crippen molar-refractivity contribution in [3.63, 3.8) is 0 Å². The summed E-state index contributed by atoms with van der Waals surface area (Å²) < 4.78 is 0.761. The zero-order valence-electron chi connectivity index (χ0n) is 13.5. The summed E-state index contributed by atoms with van der Waals surface area (Å²) in [7, 11) is 0. The Balaban J connectivity index is 1.56. The summed E-state index contributed by atoms with van der Waals surface area (Å²) in [6.45, 7) is 1.95. The zero-order chi connectivity index (χ0) is 17.4. The van der Waals surface area contributed by atoms with E-state index in [9.17, 15) is 0 Å². The number of aromatic amines is 1. The first-order chi connectivity index (χ1) is 12.1. The Bertz CT molecular complexity index is 921. The number of hydrogen-bond acceptors (Lipinski definition) is 5. The van der Waals surface area contributed by atoms with Crippen LogP contribution in [0.3, 0.4) is 0 Å². The molecule has 3 N–H and O–H groups in total. The molecule has 4 rings (SSSR count). The van der Waals surface area contributed by atoms with Gasteiger partial charge in [0.2, 0.25) is 5.95 Å². The normalized spacial score (nSPS) is 13.7. The molecule has 6 nitrogen and oxygen atoms in total. The van der Waals surface area contributed by atoms with E-state index in [1.807, 2.05) is 31.2 Å². The fraction of sp³-hybridized carbons (Fsp3) is 0.235. The van der Waals surface area contributed by atoms with Gasteiger partial charge in [0.15, 0.2) is 11.6 Å². The molecule has 0 spiro atoms. The van der Waals surface area contributed by atoms with Gasteiger partial charge in [0, 0.05) is 34.6 Å². The number of nitrogens with one attached hydrogen (secondary N) is 3. The molecule has 1 fully saturated rings. The lowest BCUT2D eigenvalue weighted by molar-refractivity contribution is 0.966. The van der Waals surface area contributed by atoms with Gasteiger partial charge in [0.25, 0.3) is 0 Å². The molecule has 0 amide bonds. The lowest BCUT2D eigenvalue weighted by Gasteiger charge is -2.11. The Morgan fingerprint density at radius 3 is 2.92 bits per heavy atom. The predicted molar refractivity (Wildman–Crippen MR) is 103 cm³/mol. The van der Waals surface area contributed by atoms with Crippen molar-refractivity contribution >= 4 is 50.8 Å². The Morgan fingerprint density at radius 1 is 1.28 bits per heavy atom. The third kappa shape index (κ3) is 3.62. The second-order valence-corrected chi connectivity index (χ2v) is 7.30.